The number of pyridine rings is 1. The van der Waals surface area contributed by atoms with Gasteiger partial charge in [-0.2, -0.15) is 0 Å². The van der Waals surface area contributed by atoms with Crippen molar-refractivity contribution in [2.45, 2.75) is 38.3 Å². The molecule has 0 aromatic carbocycles. The minimum Gasteiger partial charge on any atom is -0.327 e. The van der Waals surface area contributed by atoms with Crippen molar-refractivity contribution in [3.63, 3.8) is 0 Å². The summed E-state index contributed by atoms with van der Waals surface area (Å²) in [5, 5.41) is 11.1. The highest BCUT2D eigenvalue weighted by Gasteiger charge is 2.48. The Morgan fingerprint density at radius 3 is 2.89 bits per heavy atom. The second kappa shape index (κ2) is 5.77. The maximum atomic E-state index is 12.0. The summed E-state index contributed by atoms with van der Waals surface area (Å²) in [5.41, 5.74) is 0.603. The number of nitro groups is 1. The molecule has 19 heavy (non-hydrogen) atoms. The Hall–Kier alpha value is -1.98. The molecule has 0 saturated carbocycles. The van der Waals surface area contributed by atoms with E-state index in [0.29, 0.717) is 12.2 Å². The number of aromatic nitrogens is 1. The smallest absolute Gasteiger partial charge is 0.247 e. The van der Waals surface area contributed by atoms with Gasteiger partial charge >= 0.3 is 0 Å². The molecule has 2 atom stereocenters. The Labute approximate surface area is 111 Å². The van der Waals surface area contributed by atoms with Crippen molar-refractivity contribution in [2.75, 3.05) is 6.54 Å². The summed E-state index contributed by atoms with van der Waals surface area (Å²) in [6.07, 6.45) is 3.37. The van der Waals surface area contributed by atoms with E-state index >= 15 is 0 Å². The lowest BCUT2D eigenvalue weighted by atomic mass is 10.1. The first-order valence-electron chi connectivity index (χ1n) is 6.49. The first-order chi connectivity index (χ1) is 9.15. The fourth-order valence-electron chi connectivity index (χ4n) is 2.46. The zero-order chi connectivity index (χ0) is 13.8. The molecule has 1 amide bonds. The van der Waals surface area contributed by atoms with Gasteiger partial charge in [0.2, 0.25) is 11.9 Å². The minimum atomic E-state index is -0.890. The Bertz CT molecular complexity index is 463. The fraction of sp³-hybridized carbons (Fsp3) is 0.538. The van der Waals surface area contributed by atoms with Crippen LogP contribution in [0, 0.1) is 10.1 Å². The quantitative estimate of drug-likeness (QED) is 0.599. The van der Waals surface area contributed by atoms with E-state index in [2.05, 4.69) is 4.98 Å². The maximum absolute atomic E-state index is 12.0. The van der Waals surface area contributed by atoms with Crippen LogP contribution in [0.2, 0.25) is 0 Å². The molecule has 6 heteroatoms. The molecule has 2 rings (SSSR count). The summed E-state index contributed by atoms with van der Waals surface area (Å²) in [6.45, 7) is 2.59. The molecule has 1 aromatic rings. The third-order valence-electron chi connectivity index (χ3n) is 3.42. The Morgan fingerprint density at radius 1 is 1.53 bits per heavy atom. The average molecular weight is 263 g/mol. The monoisotopic (exact) mass is 263 g/mol. The Balaban J connectivity index is 2.30. The summed E-state index contributed by atoms with van der Waals surface area (Å²) in [6, 6.07) is 3.88. The number of carbonyl (C=O) groups is 1. The third kappa shape index (κ3) is 2.72. The molecule has 0 unspecified atom stereocenters. The second-order valence-corrected chi connectivity index (χ2v) is 4.70. The molecule has 1 saturated heterocycles. The van der Waals surface area contributed by atoms with Crippen molar-refractivity contribution >= 4 is 5.91 Å². The molecule has 1 aliphatic heterocycles. The van der Waals surface area contributed by atoms with Crippen LogP contribution < -0.4 is 0 Å². The van der Waals surface area contributed by atoms with E-state index < -0.39 is 12.1 Å². The molecule has 2 heterocycles. The van der Waals surface area contributed by atoms with Crippen molar-refractivity contribution in [1.29, 1.82) is 0 Å². The van der Waals surface area contributed by atoms with Gasteiger partial charge in [0.1, 0.15) is 6.04 Å². The summed E-state index contributed by atoms with van der Waals surface area (Å²) < 4.78 is 0. The van der Waals surface area contributed by atoms with Crippen LogP contribution in [0.1, 0.15) is 37.9 Å². The van der Waals surface area contributed by atoms with Gasteiger partial charge in [-0.25, -0.2) is 0 Å². The van der Waals surface area contributed by atoms with E-state index in [1.807, 2.05) is 6.92 Å². The van der Waals surface area contributed by atoms with Gasteiger partial charge in [-0.3, -0.25) is 19.9 Å². The lowest BCUT2D eigenvalue weighted by Crippen LogP contribution is -2.33. The first-order valence-corrected chi connectivity index (χ1v) is 6.49. The topological polar surface area (TPSA) is 76.3 Å². The van der Waals surface area contributed by atoms with Gasteiger partial charge in [0.15, 0.2) is 0 Å². The zero-order valence-corrected chi connectivity index (χ0v) is 10.9. The van der Waals surface area contributed by atoms with Crippen LogP contribution in [0.4, 0.5) is 0 Å². The number of nitrogens with zero attached hydrogens (tertiary/aromatic N) is 3. The van der Waals surface area contributed by atoms with E-state index in [-0.39, 0.29) is 17.3 Å². The number of hydrogen-bond donors (Lipinski definition) is 0. The molecule has 6 nitrogen and oxygen atoms in total. The summed E-state index contributed by atoms with van der Waals surface area (Å²) in [4.78, 5) is 28.6. The van der Waals surface area contributed by atoms with Gasteiger partial charge in [0.25, 0.3) is 0 Å². The number of carbonyl (C=O) groups excluding carboxylic acids is 1. The molecular weight excluding hydrogens is 246 g/mol. The Morgan fingerprint density at radius 2 is 2.32 bits per heavy atom. The predicted octanol–water partition coefficient (Wildman–Crippen LogP) is 1.80. The number of hydrogen-bond acceptors (Lipinski definition) is 4. The van der Waals surface area contributed by atoms with E-state index in [9.17, 15) is 14.9 Å². The third-order valence-corrected chi connectivity index (χ3v) is 3.42. The van der Waals surface area contributed by atoms with E-state index in [0.717, 1.165) is 12.8 Å². The van der Waals surface area contributed by atoms with Crippen molar-refractivity contribution in [3.05, 3.63) is 40.2 Å². The lowest BCUT2D eigenvalue weighted by molar-refractivity contribution is -0.525. The average Bonchev–Trinajstić information content (AvgIpc) is 2.74. The highest BCUT2D eigenvalue weighted by atomic mass is 16.6. The summed E-state index contributed by atoms with van der Waals surface area (Å²) >= 11 is 0. The standard InChI is InChI=1S/C13H17N3O3/c1-2-3-8-15-12(17)9-11(16(18)19)13(15)10-6-4-5-7-14-10/h4-7,11,13H,2-3,8-9H2,1H3/t11-,13+/m0/s1. The SMILES string of the molecule is CCCCN1C(=O)C[C@H]([N+](=O)[O-])[C@H]1c1ccccn1. The molecule has 0 N–H and O–H groups in total. The maximum Gasteiger partial charge on any atom is 0.247 e. The number of amides is 1. The van der Waals surface area contributed by atoms with Crippen LogP contribution in [-0.2, 0) is 4.79 Å². The predicted molar refractivity (Wildman–Crippen MR) is 69.0 cm³/mol. The lowest BCUT2D eigenvalue weighted by Gasteiger charge is -2.24. The minimum absolute atomic E-state index is 0.0298. The number of likely N-dealkylation sites (tertiary alicyclic amines) is 1. The summed E-state index contributed by atoms with van der Waals surface area (Å²) in [7, 11) is 0. The van der Waals surface area contributed by atoms with Gasteiger partial charge in [0, 0.05) is 17.7 Å². The van der Waals surface area contributed by atoms with Crippen LogP contribution in [-0.4, -0.2) is 33.3 Å². The van der Waals surface area contributed by atoms with Crippen LogP contribution in [0.25, 0.3) is 0 Å². The van der Waals surface area contributed by atoms with Crippen LogP contribution in [0.5, 0.6) is 0 Å². The number of unbranched alkanes of at least 4 members (excludes halogenated alkanes) is 1. The molecule has 1 fully saturated rings. The normalized spacial score (nSPS) is 22.8. The van der Waals surface area contributed by atoms with Crippen molar-refractivity contribution in [2.24, 2.45) is 0 Å². The molecule has 0 bridgehead atoms. The van der Waals surface area contributed by atoms with Gasteiger partial charge in [0.05, 0.1) is 12.1 Å². The van der Waals surface area contributed by atoms with E-state index in [1.54, 1.807) is 29.3 Å². The molecule has 0 spiro atoms. The van der Waals surface area contributed by atoms with Gasteiger partial charge in [-0.1, -0.05) is 19.4 Å². The Kier molecular flexibility index (Phi) is 4.09. The molecule has 0 aliphatic carbocycles. The second-order valence-electron chi connectivity index (χ2n) is 4.70. The largest absolute Gasteiger partial charge is 0.327 e. The van der Waals surface area contributed by atoms with E-state index in [4.69, 9.17) is 0 Å². The molecule has 1 aliphatic rings. The molecule has 1 aromatic heterocycles. The van der Waals surface area contributed by atoms with Gasteiger partial charge < -0.3 is 4.90 Å². The van der Waals surface area contributed by atoms with Crippen LogP contribution in [0.3, 0.4) is 0 Å². The summed E-state index contributed by atoms with van der Waals surface area (Å²) in [5.74, 6) is -0.147. The van der Waals surface area contributed by atoms with Crippen molar-refractivity contribution in [1.82, 2.24) is 9.88 Å². The fourth-order valence-corrected chi connectivity index (χ4v) is 2.46. The molecule has 0 radical (unpaired) electrons. The highest BCUT2D eigenvalue weighted by molar-refractivity contribution is 5.80. The van der Waals surface area contributed by atoms with Crippen LogP contribution in [0.15, 0.2) is 24.4 Å². The van der Waals surface area contributed by atoms with Gasteiger partial charge in [-0.05, 0) is 18.6 Å². The zero-order valence-electron chi connectivity index (χ0n) is 10.9. The highest BCUT2D eigenvalue weighted by Crippen LogP contribution is 2.33. The number of rotatable bonds is 5. The first kappa shape index (κ1) is 13.5. The molecule has 102 valence electrons. The van der Waals surface area contributed by atoms with Crippen molar-refractivity contribution < 1.29 is 9.72 Å². The van der Waals surface area contributed by atoms with Gasteiger partial charge in [-0.15, -0.1) is 0 Å². The van der Waals surface area contributed by atoms with Crippen molar-refractivity contribution in [3.8, 4) is 0 Å². The molecular formula is C13H17N3O3. The van der Waals surface area contributed by atoms with Crippen LogP contribution >= 0.6 is 0 Å². The van der Waals surface area contributed by atoms with E-state index in [1.165, 1.54) is 0 Å².